The van der Waals surface area contributed by atoms with Crippen molar-refractivity contribution in [1.82, 2.24) is 5.48 Å². The van der Waals surface area contributed by atoms with Crippen molar-refractivity contribution in [2.45, 2.75) is 0 Å². The number of halogens is 1. The van der Waals surface area contributed by atoms with Crippen molar-refractivity contribution in [3.63, 3.8) is 0 Å². The van der Waals surface area contributed by atoms with Crippen molar-refractivity contribution in [3.8, 4) is 0 Å². The van der Waals surface area contributed by atoms with Crippen LogP contribution in [0, 0.1) is 0 Å². The molecular formula is C7H9IN2O2. The van der Waals surface area contributed by atoms with E-state index in [2.05, 4.69) is 0 Å². The fraction of sp³-hybridized carbons (Fsp3) is 0.143. The summed E-state index contributed by atoms with van der Waals surface area (Å²) in [7, 11) is 1.73. The van der Waals surface area contributed by atoms with E-state index >= 15 is 0 Å². The summed E-state index contributed by atoms with van der Waals surface area (Å²) in [6.07, 6.45) is 1.73. The van der Waals surface area contributed by atoms with Crippen molar-refractivity contribution in [2.75, 3.05) is 0 Å². The molecule has 0 bridgehead atoms. The summed E-state index contributed by atoms with van der Waals surface area (Å²) in [6, 6.07) is 5.14. The minimum atomic E-state index is -0.506. The smallest absolute Gasteiger partial charge is 0.339 e. The van der Waals surface area contributed by atoms with Gasteiger partial charge in [-0.1, -0.05) is 0 Å². The predicted octanol–water partition coefficient (Wildman–Crippen LogP) is -3.37. The molecule has 5 heteroatoms. The molecule has 0 saturated heterocycles. The Bertz CT molecular complexity index is 278. The van der Waals surface area contributed by atoms with E-state index in [1.165, 1.54) is 0 Å². The first-order chi connectivity index (χ1) is 5.25. The normalized spacial score (nSPS) is 8.50. The number of rotatable bonds is 1. The minimum Gasteiger partial charge on any atom is -1.00 e. The van der Waals surface area contributed by atoms with Gasteiger partial charge in [-0.25, -0.2) is 5.48 Å². The highest BCUT2D eigenvalue weighted by atomic mass is 127. The van der Waals surface area contributed by atoms with Gasteiger partial charge in [0, 0.05) is 12.1 Å². The molecule has 1 heterocycles. The van der Waals surface area contributed by atoms with Gasteiger partial charge in [0.05, 0.1) is 0 Å². The highest BCUT2D eigenvalue weighted by Crippen LogP contribution is 1.88. The molecule has 0 spiro atoms. The molecule has 1 aromatic heterocycles. The zero-order valence-corrected chi connectivity index (χ0v) is 8.65. The van der Waals surface area contributed by atoms with Crippen molar-refractivity contribution < 1.29 is 38.5 Å². The van der Waals surface area contributed by atoms with Gasteiger partial charge in [-0.3, -0.25) is 10.0 Å². The lowest BCUT2D eigenvalue weighted by Gasteiger charge is -1.94. The Hall–Kier alpha value is -0.690. The number of hydrogen-bond donors (Lipinski definition) is 2. The van der Waals surface area contributed by atoms with Gasteiger partial charge in [-0.05, 0) is 6.07 Å². The van der Waals surface area contributed by atoms with Crippen molar-refractivity contribution in [1.29, 1.82) is 0 Å². The summed E-state index contributed by atoms with van der Waals surface area (Å²) in [6.45, 7) is 0. The summed E-state index contributed by atoms with van der Waals surface area (Å²) in [5.74, 6) is -0.506. The van der Waals surface area contributed by atoms with E-state index in [4.69, 9.17) is 5.21 Å². The summed E-state index contributed by atoms with van der Waals surface area (Å²) in [5.41, 5.74) is 1.97. The SMILES string of the molecule is C[n+]1ccccc1C(=O)NO.[I-]. The molecule has 2 N–H and O–H groups in total. The first kappa shape index (κ1) is 11.3. The van der Waals surface area contributed by atoms with Crippen LogP contribution >= 0.6 is 0 Å². The zero-order chi connectivity index (χ0) is 8.27. The molecule has 1 amide bonds. The van der Waals surface area contributed by atoms with Gasteiger partial charge in [-0.15, -0.1) is 0 Å². The molecule has 0 atom stereocenters. The standard InChI is InChI=1S/C7H8N2O2.HI/c1-9-5-3-2-4-6(9)7(10)8-11;/h2-5H,1H3,(H-,8,10,11);1H. The quantitative estimate of drug-likeness (QED) is 0.244. The third-order valence-corrected chi connectivity index (χ3v) is 1.39. The number of nitrogens with one attached hydrogen (secondary N) is 1. The van der Waals surface area contributed by atoms with Crippen LogP contribution < -0.4 is 34.0 Å². The van der Waals surface area contributed by atoms with Crippen LogP contribution in [0.3, 0.4) is 0 Å². The van der Waals surface area contributed by atoms with Gasteiger partial charge in [0.15, 0.2) is 6.20 Å². The maximum Gasteiger partial charge on any atom is 0.339 e. The van der Waals surface area contributed by atoms with Crippen LogP contribution in [0.1, 0.15) is 10.5 Å². The number of hydroxylamine groups is 1. The zero-order valence-electron chi connectivity index (χ0n) is 6.49. The Kier molecular flexibility index (Phi) is 4.75. The molecular weight excluding hydrogens is 271 g/mol. The van der Waals surface area contributed by atoms with Gasteiger partial charge in [-0.2, -0.15) is 4.57 Å². The molecule has 0 aromatic carbocycles. The van der Waals surface area contributed by atoms with Crippen LogP contribution in [-0.2, 0) is 7.05 Å². The first-order valence-electron chi connectivity index (χ1n) is 3.15. The molecule has 0 unspecified atom stereocenters. The summed E-state index contributed by atoms with van der Waals surface area (Å²) in [4.78, 5) is 10.9. The maximum atomic E-state index is 10.9. The summed E-state index contributed by atoms with van der Waals surface area (Å²) < 4.78 is 1.62. The van der Waals surface area contributed by atoms with Gasteiger partial charge >= 0.3 is 5.91 Å². The van der Waals surface area contributed by atoms with Gasteiger partial charge in [0.25, 0.3) is 5.69 Å². The van der Waals surface area contributed by atoms with Crippen LogP contribution in [0.5, 0.6) is 0 Å². The topological polar surface area (TPSA) is 53.2 Å². The second kappa shape index (κ2) is 5.04. The molecule has 0 aliphatic heterocycles. The average Bonchev–Trinajstić information content (AvgIpc) is 2.04. The summed E-state index contributed by atoms with van der Waals surface area (Å²) >= 11 is 0. The molecule has 0 aliphatic carbocycles. The van der Waals surface area contributed by atoms with E-state index in [0.717, 1.165) is 0 Å². The Morgan fingerprint density at radius 1 is 1.58 bits per heavy atom. The monoisotopic (exact) mass is 280 g/mol. The number of pyridine rings is 1. The second-order valence-corrected chi connectivity index (χ2v) is 2.14. The number of aromatic nitrogens is 1. The lowest BCUT2D eigenvalue weighted by Crippen LogP contribution is -3.00. The molecule has 1 rings (SSSR count). The third kappa shape index (κ3) is 2.42. The Morgan fingerprint density at radius 3 is 2.75 bits per heavy atom. The number of hydrogen-bond acceptors (Lipinski definition) is 2. The Labute approximate surface area is 87.2 Å². The van der Waals surface area contributed by atoms with Crippen LogP contribution in [0.4, 0.5) is 0 Å². The molecule has 1 aromatic rings. The van der Waals surface area contributed by atoms with E-state index in [-0.39, 0.29) is 24.0 Å². The predicted molar refractivity (Wildman–Crippen MR) is 36.9 cm³/mol. The number of nitrogens with zero attached hydrogens (tertiary/aromatic N) is 1. The third-order valence-electron chi connectivity index (χ3n) is 1.39. The fourth-order valence-electron chi connectivity index (χ4n) is 0.816. The van der Waals surface area contributed by atoms with Crippen molar-refractivity contribution in [2.24, 2.45) is 7.05 Å². The molecule has 0 aliphatic rings. The molecule has 4 nitrogen and oxygen atoms in total. The number of carbonyl (C=O) groups is 1. The fourth-order valence-corrected chi connectivity index (χ4v) is 0.816. The molecule has 0 fully saturated rings. The van der Waals surface area contributed by atoms with E-state index < -0.39 is 5.91 Å². The van der Waals surface area contributed by atoms with Crippen LogP contribution in [0.2, 0.25) is 0 Å². The lowest BCUT2D eigenvalue weighted by atomic mass is 10.3. The number of carbonyl (C=O) groups excluding carboxylic acids is 1. The van der Waals surface area contributed by atoms with Crippen LogP contribution in [0.15, 0.2) is 24.4 Å². The van der Waals surface area contributed by atoms with Crippen LogP contribution in [0.25, 0.3) is 0 Å². The van der Waals surface area contributed by atoms with Gasteiger partial charge in [0.2, 0.25) is 0 Å². The number of aryl methyl sites for hydroxylation is 1. The van der Waals surface area contributed by atoms with E-state index in [1.807, 2.05) is 0 Å². The first-order valence-corrected chi connectivity index (χ1v) is 3.15. The Balaban J connectivity index is 0.00000121. The molecule has 0 saturated carbocycles. The Morgan fingerprint density at radius 2 is 2.25 bits per heavy atom. The maximum absolute atomic E-state index is 10.9. The summed E-state index contributed by atoms with van der Waals surface area (Å²) in [5, 5.41) is 8.30. The van der Waals surface area contributed by atoms with Crippen molar-refractivity contribution >= 4 is 5.91 Å². The molecule has 12 heavy (non-hydrogen) atoms. The number of amides is 1. The van der Waals surface area contributed by atoms with E-state index in [9.17, 15) is 4.79 Å². The van der Waals surface area contributed by atoms with Crippen LogP contribution in [-0.4, -0.2) is 11.1 Å². The van der Waals surface area contributed by atoms with Gasteiger partial charge < -0.3 is 24.0 Å². The second-order valence-electron chi connectivity index (χ2n) is 2.14. The minimum absolute atomic E-state index is 0. The average molecular weight is 280 g/mol. The molecule has 0 radical (unpaired) electrons. The van der Waals surface area contributed by atoms with Crippen molar-refractivity contribution in [3.05, 3.63) is 30.1 Å². The highest BCUT2D eigenvalue weighted by Gasteiger charge is 2.13. The molecule has 66 valence electrons. The lowest BCUT2D eigenvalue weighted by molar-refractivity contribution is -0.673. The van der Waals surface area contributed by atoms with Gasteiger partial charge in [0.1, 0.15) is 7.05 Å². The largest absolute Gasteiger partial charge is 1.00 e. The van der Waals surface area contributed by atoms with E-state index in [0.29, 0.717) is 5.69 Å². The highest BCUT2D eigenvalue weighted by molar-refractivity contribution is 5.89. The van der Waals surface area contributed by atoms with E-state index in [1.54, 1.807) is 41.5 Å².